The van der Waals surface area contributed by atoms with Gasteiger partial charge in [0, 0.05) is 33.7 Å². The highest BCUT2D eigenvalue weighted by Crippen LogP contribution is 2.63. The Morgan fingerprint density at radius 2 is 0.972 bits per heavy atom. The number of hydrogen-bond donors (Lipinski definition) is 0. The van der Waals surface area contributed by atoms with Crippen molar-refractivity contribution in [3.05, 3.63) is 77.9 Å². The number of rotatable bonds is 18. The van der Waals surface area contributed by atoms with Gasteiger partial charge in [0.05, 0.1) is 12.8 Å². The molecule has 11 rings (SSSR count). The zero-order valence-corrected chi connectivity index (χ0v) is 42.7. The molecule has 3 aromatic carbocycles. The Hall–Kier alpha value is -3.41. The van der Waals surface area contributed by atoms with Gasteiger partial charge in [-0.2, -0.15) is 35.1 Å². The SMILES string of the molecule is Cc1c(OCOC(=O)CC23CC4CC(CC(C4)C2)C3)cccc1[S+](c1ccccc1)c1cccc(OCOC(=O)CC23CC4CC(CC(C4)C2)C3)c1C.O=S(=O)([O-])C(F)(F)C(F)(F)OC(F)(F)C(F)(F)I. The second-order valence-corrected chi connectivity index (χ2v) is 25.5. The average molecular weight is 1160 g/mol. The zero-order valence-electron chi connectivity index (χ0n) is 38.9. The van der Waals surface area contributed by atoms with Crippen LogP contribution < -0.4 is 9.47 Å². The maximum atomic E-state index is 13.1. The standard InChI is InChI=1S/C46H55O6S.C4HF8IO4S/c1-30-39(49-28-51-43(47)26-45-20-32-14-33(21-45)16-34(15-32)22-45)10-6-12-41(30)53(38-8-4-3-5-9-38)42-13-7-11-40(31(42)2)50-29-52-44(48)27-46-23-35-17-36(24-46)19-37(18-35)25-46;5-1(6,13)2(7,8)17-3(9,10)4(11,12)18(14,15)16/h3-13,32-37H,14-29H2,1-2H3;(H,14,15,16)/q+1;/p-1. The number of esters is 2. The summed E-state index contributed by atoms with van der Waals surface area (Å²) < 4.78 is 147. The van der Waals surface area contributed by atoms with Gasteiger partial charge in [0.1, 0.15) is 22.4 Å². The zero-order chi connectivity index (χ0) is 51.4. The Kier molecular flexibility index (Phi) is 15.5. The van der Waals surface area contributed by atoms with Gasteiger partial charge in [0.15, 0.2) is 24.8 Å². The van der Waals surface area contributed by atoms with Crippen molar-refractivity contribution in [2.24, 2.45) is 46.3 Å². The van der Waals surface area contributed by atoms with E-state index in [1.54, 1.807) is 0 Å². The molecule has 71 heavy (non-hydrogen) atoms. The van der Waals surface area contributed by atoms with E-state index >= 15 is 0 Å². The number of ether oxygens (including phenoxy) is 5. The van der Waals surface area contributed by atoms with Crippen molar-refractivity contribution in [3.8, 4) is 11.5 Å². The van der Waals surface area contributed by atoms with Crippen molar-refractivity contribution < 1.29 is 81.4 Å². The molecular weight excluding hydrogens is 1100 g/mol. The van der Waals surface area contributed by atoms with E-state index < -0.39 is 65.0 Å². The van der Waals surface area contributed by atoms with Gasteiger partial charge in [-0.1, -0.05) is 30.3 Å². The summed E-state index contributed by atoms with van der Waals surface area (Å²) in [4.78, 5) is 29.7. The maximum Gasteiger partial charge on any atom is 0.438 e. The van der Waals surface area contributed by atoms with Crippen LogP contribution >= 0.6 is 22.6 Å². The smallest absolute Gasteiger partial charge is 0.438 e. The first kappa shape index (κ1) is 53.9. The van der Waals surface area contributed by atoms with Crippen LogP contribution in [0.1, 0.15) is 101 Å². The van der Waals surface area contributed by atoms with Crippen LogP contribution in [0.2, 0.25) is 0 Å². The summed E-state index contributed by atoms with van der Waals surface area (Å²) in [6.45, 7) is 4.00. The average Bonchev–Trinajstić information content (AvgIpc) is 3.24. The van der Waals surface area contributed by atoms with Gasteiger partial charge in [-0.3, -0.25) is 9.59 Å². The van der Waals surface area contributed by atoms with Crippen molar-refractivity contribution >= 4 is 55.5 Å². The van der Waals surface area contributed by atoms with Crippen molar-refractivity contribution in [2.45, 2.75) is 140 Å². The van der Waals surface area contributed by atoms with Crippen LogP contribution in [-0.4, -0.2) is 59.9 Å². The summed E-state index contributed by atoms with van der Waals surface area (Å²) in [5.74, 6) is 6.03. The van der Waals surface area contributed by atoms with Crippen LogP contribution in [0.5, 0.6) is 11.5 Å². The highest BCUT2D eigenvalue weighted by molar-refractivity contribution is 14.1. The number of hydrogen-bond acceptors (Lipinski definition) is 10. The van der Waals surface area contributed by atoms with Crippen LogP contribution in [0.4, 0.5) is 35.1 Å². The number of carbonyl (C=O) groups is 2. The third kappa shape index (κ3) is 11.8. The molecule has 8 saturated carbocycles. The molecule has 0 saturated heterocycles. The number of halogens is 9. The lowest BCUT2D eigenvalue weighted by molar-refractivity contribution is -0.438. The van der Waals surface area contributed by atoms with Gasteiger partial charge in [0.2, 0.25) is 13.6 Å². The molecule has 3 aromatic rings. The molecule has 0 unspecified atom stereocenters. The van der Waals surface area contributed by atoms with Gasteiger partial charge >= 0.3 is 33.3 Å². The number of benzene rings is 3. The Labute approximate surface area is 423 Å². The fourth-order valence-electron chi connectivity index (χ4n) is 13.3. The van der Waals surface area contributed by atoms with Crippen LogP contribution in [0.15, 0.2) is 81.4 Å². The van der Waals surface area contributed by atoms with Crippen LogP contribution in [-0.2, 0) is 44.8 Å². The minimum absolute atomic E-state index is 0.0848. The number of alkyl halides is 9. The van der Waals surface area contributed by atoms with Gasteiger partial charge in [-0.05, 0) is 174 Å². The summed E-state index contributed by atoms with van der Waals surface area (Å²) in [6.07, 6.45) is 3.61. The lowest BCUT2D eigenvalue weighted by Crippen LogP contribution is -2.54. The fourth-order valence-corrected chi connectivity index (χ4v) is 16.2. The van der Waals surface area contributed by atoms with E-state index in [0.717, 1.165) is 67.9 Å². The Bertz CT molecular complexity index is 2360. The molecule has 8 aliphatic carbocycles. The number of carbonyl (C=O) groups excluding carboxylic acids is 2. The van der Waals surface area contributed by atoms with E-state index in [4.69, 9.17) is 18.9 Å². The molecule has 390 valence electrons. The van der Waals surface area contributed by atoms with Crippen molar-refractivity contribution in [1.82, 2.24) is 0 Å². The van der Waals surface area contributed by atoms with E-state index in [1.807, 2.05) is 35.1 Å². The first-order valence-electron chi connectivity index (χ1n) is 23.6. The Balaban J connectivity index is 0.000000322. The summed E-state index contributed by atoms with van der Waals surface area (Å²) in [6, 6.07) is 22.8. The molecule has 0 atom stereocenters. The molecule has 0 aliphatic heterocycles. The summed E-state index contributed by atoms with van der Waals surface area (Å²) in [5.41, 5.74) is 2.33. The first-order valence-corrected chi connectivity index (χ1v) is 27.3. The van der Waals surface area contributed by atoms with Crippen molar-refractivity contribution in [1.29, 1.82) is 0 Å². The fraction of sp³-hybridized carbons (Fsp3) is 0.600. The van der Waals surface area contributed by atoms with Crippen molar-refractivity contribution in [3.63, 3.8) is 0 Å². The molecule has 21 heteroatoms. The first-order chi connectivity index (χ1) is 33.2. The lowest BCUT2D eigenvalue weighted by atomic mass is 9.49. The lowest BCUT2D eigenvalue weighted by Gasteiger charge is -2.56. The largest absolute Gasteiger partial charge is 0.743 e. The third-order valence-electron chi connectivity index (χ3n) is 15.4. The second-order valence-electron chi connectivity index (χ2n) is 20.7. The highest BCUT2D eigenvalue weighted by Gasteiger charge is 2.71. The van der Waals surface area contributed by atoms with E-state index in [-0.39, 0.29) is 36.4 Å². The maximum absolute atomic E-state index is 13.1. The minimum atomic E-state index is -7.12. The summed E-state index contributed by atoms with van der Waals surface area (Å²) in [5, 5.41) is -6.65. The minimum Gasteiger partial charge on any atom is -0.743 e. The van der Waals surface area contributed by atoms with E-state index in [2.05, 4.69) is 50.2 Å². The molecule has 10 nitrogen and oxygen atoms in total. The molecular formula is C50H55F8IO10S2. The van der Waals surface area contributed by atoms with E-state index in [0.29, 0.717) is 12.8 Å². The molecule has 8 aliphatic rings. The van der Waals surface area contributed by atoms with E-state index in [1.165, 1.54) is 81.9 Å². The Morgan fingerprint density at radius 1 is 0.606 bits per heavy atom. The molecule has 8 bridgehead atoms. The van der Waals surface area contributed by atoms with Gasteiger partial charge in [-0.15, -0.1) is 0 Å². The normalized spacial score (nSPS) is 28.2. The molecule has 8 fully saturated rings. The molecule has 0 amide bonds. The monoisotopic (exact) mass is 1160 g/mol. The Morgan fingerprint density at radius 3 is 1.31 bits per heavy atom. The van der Waals surface area contributed by atoms with Gasteiger partial charge < -0.3 is 23.5 Å². The highest BCUT2D eigenvalue weighted by atomic mass is 127. The quantitative estimate of drug-likeness (QED) is 0.0230. The van der Waals surface area contributed by atoms with Crippen LogP contribution in [0.3, 0.4) is 0 Å². The van der Waals surface area contributed by atoms with Crippen LogP contribution in [0, 0.1) is 60.2 Å². The second kappa shape index (κ2) is 20.4. The molecule has 0 spiro atoms. The topological polar surface area (TPSA) is 137 Å². The van der Waals surface area contributed by atoms with Crippen molar-refractivity contribution in [2.75, 3.05) is 13.6 Å². The summed E-state index contributed by atoms with van der Waals surface area (Å²) >= 11 is -0.406. The van der Waals surface area contributed by atoms with Gasteiger partial charge in [-0.25, -0.2) is 13.2 Å². The van der Waals surface area contributed by atoms with Gasteiger partial charge in [0.25, 0.3) is 0 Å². The predicted molar refractivity (Wildman–Crippen MR) is 249 cm³/mol. The predicted octanol–water partition coefficient (Wildman–Crippen LogP) is 12.7. The molecule has 0 N–H and O–H groups in total. The van der Waals surface area contributed by atoms with Crippen LogP contribution in [0.25, 0.3) is 0 Å². The molecule has 0 aromatic heterocycles. The summed E-state index contributed by atoms with van der Waals surface area (Å²) in [7, 11) is -7.60. The third-order valence-corrected chi connectivity index (χ3v) is 19.4. The molecule has 0 heterocycles. The molecule has 0 radical (unpaired) electrons. The van der Waals surface area contributed by atoms with E-state index in [9.17, 15) is 57.7 Å².